The molecule has 1 atom stereocenters. The van der Waals surface area contributed by atoms with E-state index in [9.17, 15) is 18.3 Å². The van der Waals surface area contributed by atoms with E-state index in [4.69, 9.17) is 23.2 Å². The minimum absolute atomic E-state index is 0.233. The van der Waals surface area contributed by atoms with E-state index < -0.39 is 17.3 Å². The second-order valence-corrected chi connectivity index (χ2v) is 8.95. The van der Waals surface area contributed by atoms with E-state index in [1.807, 2.05) is 30.3 Å². The van der Waals surface area contributed by atoms with Crippen molar-refractivity contribution in [2.24, 2.45) is 0 Å². The van der Waals surface area contributed by atoms with Gasteiger partial charge in [0.05, 0.1) is 16.1 Å². The SMILES string of the molecule is OC(c1ccc(C(F)(F)F)cc1)(c1cccnc1)c1ccc2nc(Cl)c(-c3ccccc3)c(Cl)c2c1. The third-order valence-electron chi connectivity index (χ3n) is 6.07. The minimum Gasteiger partial charge on any atom is -0.376 e. The number of fused-ring (bicyclic) bond motifs is 1. The van der Waals surface area contributed by atoms with E-state index in [2.05, 4.69) is 9.97 Å². The Hall–Kier alpha value is -3.45. The molecule has 0 amide bonds. The Balaban J connectivity index is 1.74. The molecule has 5 rings (SSSR count). The zero-order chi connectivity index (χ0) is 25.5. The summed E-state index contributed by atoms with van der Waals surface area (Å²) < 4.78 is 39.6. The highest BCUT2D eigenvalue weighted by Crippen LogP contribution is 2.42. The summed E-state index contributed by atoms with van der Waals surface area (Å²) in [4.78, 5) is 8.59. The van der Waals surface area contributed by atoms with Gasteiger partial charge in [-0.25, -0.2) is 4.98 Å². The van der Waals surface area contributed by atoms with Crippen LogP contribution in [0.2, 0.25) is 10.2 Å². The van der Waals surface area contributed by atoms with Crippen molar-refractivity contribution in [2.75, 3.05) is 0 Å². The predicted molar refractivity (Wildman–Crippen MR) is 135 cm³/mol. The maximum atomic E-state index is 13.2. The van der Waals surface area contributed by atoms with Crippen molar-refractivity contribution in [1.82, 2.24) is 9.97 Å². The minimum atomic E-state index is -4.50. The number of rotatable bonds is 4. The fourth-order valence-corrected chi connectivity index (χ4v) is 4.94. The summed E-state index contributed by atoms with van der Waals surface area (Å²) in [6.45, 7) is 0. The highest BCUT2D eigenvalue weighted by Gasteiger charge is 2.36. The molecule has 0 aliphatic heterocycles. The van der Waals surface area contributed by atoms with Crippen molar-refractivity contribution in [1.29, 1.82) is 0 Å². The number of aromatic nitrogens is 2. The molecule has 0 saturated carbocycles. The van der Waals surface area contributed by atoms with Gasteiger partial charge in [-0.2, -0.15) is 13.2 Å². The van der Waals surface area contributed by atoms with Crippen LogP contribution in [0, 0.1) is 0 Å². The largest absolute Gasteiger partial charge is 0.416 e. The zero-order valence-electron chi connectivity index (χ0n) is 18.5. The smallest absolute Gasteiger partial charge is 0.376 e. The lowest BCUT2D eigenvalue weighted by atomic mass is 9.80. The molecule has 3 nitrogen and oxygen atoms in total. The van der Waals surface area contributed by atoms with E-state index in [1.165, 1.54) is 18.3 Å². The van der Waals surface area contributed by atoms with Crippen LogP contribution in [0.1, 0.15) is 22.3 Å². The summed E-state index contributed by atoms with van der Waals surface area (Å²) in [5.74, 6) is 0. The fourth-order valence-electron chi connectivity index (χ4n) is 4.25. The number of hydrogen-bond acceptors (Lipinski definition) is 3. The molecule has 0 spiro atoms. The van der Waals surface area contributed by atoms with Crippen LogP contribution in [-0.2, 0) is 11.8 Å². The molecule has 2 aromatic heterocycles. The molecule has 0 aliphatic rings. The van der Waals surface area contributed by atoms with Crippen LogP contribution in [-0.4, -0.2) is 15.1 Å². The van der Waals surface area contributed by atoms with Crippen molar-refractivity contribution in [3.05, 3.63) is 130 Å². The third kappa shape index (κ3) is 4.22. The van der Waals surface area contributed by atoms with Gasteiger partial charge in [-0.1, -0.05) is 77.8 Å². The van der Waals surface area contributed by atoms with Gasteiger partial charge < -0.3 is 5.11 Å². The summed E-state index contributed by atoms with van der Waals surface area (Å²) in [6.07, 6.45) is -1.48. The van der Waals surface area contributed by atoms with Gasteiger partial charge in [-0.15, -0.1) is 0 Å². The molecule has 8 heteroatoms. The molecular weight excluding hydrogens is 508 g/mol. The average Bonchev–Trinajstić information content (AvgIpc) is 2.89. The van der Waals surface area contributed by atoms with E-state index in [0.717, 1.165) is 17.7 Å². The maximum absolute atomic E-state index is 13.2. The number of hydrogen-bond donors (Lipinski definition) is 1. The molecule has 1 unspecified atom stereocenters. The van der Waals surface area contributed by atoms with Crippen LogP contribution in [0.5, 0.6) is 0 Å². The summed E-state index contributed by atoms with van der Waals surface area (Å²) in [5, 5.41) is 13.2. The molecule has 0 bridgehead atoms. The van der Waals surface area contributed by atoms with Crippen LogP contribution >= 0.6 is 23.2 Å². The monoisotopic (exact) mass is 524 g/mol. The first-order valence-electron chi connectivity index (χ1n) is 10.8. The number of halogens is 5. The Kier molecular flexibility index (Phi) is 6.20. The molecule has 3 aromatic carbocycles. The number of aliphatic hydroxyl groups is 1. The van der Waals surface area contributed by atoms with Gasteiger partial charge in [0.25, 0.3) is 0 Å². The molecule has 0 fully saturated rings. The van der Waals surface area contributed by atoms with Crippen molar-refractivity contribution in [2.45, 2.75) is 11.8 Å². The first kappa shape index (κ1) is 24.3. The third-order valence-corrected chi connectivity index (χ3v) is 6.73. The molecule has 2 heterocycles. The van der Waals surface area contributed by atoms with Gasteiger partial charge in [0.2, 0.25) is 0 Å². The van der Waals surface area contributed by atoms with Crippen LogP contribution in [0.4, 0.5) is 13.2 Å². The van der Waals surface area contributed by atoms with Crippen molar-refractivity contribution in [3.8, 4) is 11.1 Å². The van der Waals surface area contributed by atoms with Crippen molar-refractivity contribution < 1.29 is 18.3 Å². The lowest BCUT2D eigenvalue weighted by molar-refractivity contribution is -0.137. The van der Waals surface area contributed by atoms with Crippen LogP contribution in [0.25, 0.3) is 22.0 Å². The number of nitrogens with zero attached hydrogens (tertiary/aromatic N) is 2. The highest BCUT2D eigenvalue weighted by molar-refractivity contribution is 6.42. The predicted octanol–water partition coefficient (Wildman–Crippen LogP) is 7.91. The average molecular weight is 525 g/mol. The van der Waals surface area contributed by atoms with Crippen LogP contribution in [0.3, 0.4) is 0 Å². The van der Waals surface area contributed by atoms with Crippen LogP contribution < -0.4 is 0 Å². The molecule has 0 radical (unpaired) electrons. The van der Waals surface area contributed by atoms with E-state index in [-0.39, 0.29) is 10.7 Å². The molecule has 5 aromatic rings. The van der Waals surface area contributed by atoms with E-state index in [0.29, 0.717) is 32.6 Å². The Morgan fingerprint density at radius 2 is 1.39 bits per heavy atom. The van der Waals surface area contributed by atoms with Gasteiger partial charge in [-0.05, 0) is 47.0 Å². The summed E-state index contributed by atoms with van der Waals surface area (Å²) in [6, 6.07) is 22.0. The molecule has 36 heavy (non-hydrogen) atoms. The molecule has 0 saturated heterocycles. The fraction of sp³-hybridized carbons (Fsp3) is 0.0714. The number of benzene rings is 3. The van der Waals surface area contributed by atoms with Crippen molar-refractivity contribution >= 4 is 34.1 Å². The summed E-state index contributed by atoms with van der Waals surface area (Å²) in [7, 11) is 0. The first-order chi connectivity index (χ1) is 17.2. The van der Waals surface area contributed by atoms with Gasteiger partial charge in [0.15, 0.2) is 0 Å². The van der Waals surface area contributed by atoms with E-state index >= 15 is 0 Å². The topological polar surface area (TPSA) is 46.0 Å². The quantitative estimate of drug-likeness (QED) is 0.243. The van der Waals surface area contributed by atoms with Gasteiger partial charge in [0.1, 0.15) is 10.8 Å². The normalized spacial score (nSPS) is 13.5. The Labute approximate surface area is 214 Å². The maximum Gasteiger partial charge on any atom is 0.416 e. The van der Waals surface area contributed by atoms with Crippen LogP contribution in [0.15, 0.2) is 97.3 Å². The second-order valence-electron chi connectivity index (χ2n) is 8.22. The number of pyridine rings is 2. The first-order valence-corrected chi connectivity index (χ1v) is 11.6. The van der Waals surface area contributed by atoms with Gasteiger partial charge in [0, 0.05) is 28.9 Å². The second kappa shape index (κ2) is 9.21. The standard InChI is InChI=1S/C28H17Cl2F3N2O/c29-25-22-15-20(12-13-23(22)35-26(30)24(25)17-5-2-1-3-6-17)27(36,21-7-4-14-34-16-21)18-8-10-19(11-9-18)28(31,32)33/h1-16,36H. The van der Waals surface area contributed by atoms with Gasteiger partial charge in [-0.3, -0.25) is 4.98 Å². The van der Waals surface area contributed by atoms with E-state index in [1.54, 1.807) is 36.5 Å². The van der Waals surface area contributed by atoms with Gasteiger partial charge >= 0.3 is 6.18 Å². The summed E-state index contributed by atoms with van der Waals surface area (Å²) >= 11 is 13.3. The lowest BCUT2D eigenvalue weighted by Gasteiger charge is -2.30. The summed E-state index contributed by atoms with van der Waals surface area (Å²) in [5.41, 5.74) is 0.202. The lowest BCUT2D eigenvalue weighted by Crippen LogP contribution is -2.29. The Morgan fingerprint density at radius 1 is 0.722 bits per heavy atom. The van der Waals surface area contributed by atoms with Crippen molar-refractivity contribution in [3.63, 3.8) is 0 Å². The Bertz CT molecular complexity index is 1540. The number of alkyl halides is 3. The Morgan fingerprint density at radius 3 is 2.03 bits per heavy atom. The highest BCUT2D eigenvalue weighted by atomic mass is 35.5. The molecule has 180 valence electrons. The molecule has 1 N–H and O–H groups in total. The molecule has 0 aliphatic carbocycles. The zero-order valence-corrected chi connectivity index (χ0v) is 20.0. The molecular formula is C28H17Cl2F3N2O.